The van der Waals surface area contributed by atoms with E-state index in [1.165, 1.54) is 0 Å². The minimum absolute atomic E-state index is 0.0796. The number of halogens is 1. The largest absolute Gasteiger partial charge is 0.497 e. The molecule has 0 spiro atoms. The number of anilines is 1. The van der Waals surface area contributed by atoms with Gasteiger partial charge in [-0.1, -0.05) is 23.7 Å². The highest BCUT2D eigenvalue weighted by Gasteiger charge is 2.28. The molecular weight excluding hydrogens is 340 g/mol. The van der Waals surface area contributed by atoms with Gasteiger partial charge in [0.1, 0.15) is 5.75 Å². The van der Waals surface area contributed by atoms with Crippen LogP contribution in [0.25, 0.3) is 11.0 Å². The van der Waals surface area contributed by atoms with Gasteiger partial charge in [-0.05, 0) is 30.2 Å². The molecule has 2 aromatic heterocycles. The monoisotopic (exact) mass is 356 g/mol. The van der Waals surface area contributed by atoms with Gasteiger partial charge in [-0.2, -0.15) is 5.10 Å². The Morgan fingerprint density at radius 3 is 2.72 bits per heavy atom. The zero-order valence-electron chi connectivity index (χ0n) is 13.8. The van der Waals surface area contributed by atoms with E-state index >= 15 is 0 Å². The summed E-state index contributed by atoms with van der Waals surface area (Å²) in [4.78, 5) is 18.3. The summed E-state index contributed by atoms with van der Waals surface area (Å²) in [5.74, 6) is 1.48. The van der Waals surface area contributed by atoms with Crippen LogP contribution in [0, 0.1) is 0 Å². The maximum absolute atomic E-state index is 12.2. The molecule has 3 aromatic rings. The van der Waals surface area contributed by atoms with Crippen molar-refractivity contribution in [1.82, 2.24) is 14.8 Å². The third-order valence-corrected chi connectivity index (χ3v) is 4.70. The Morgan fingerprint density at radius 2 is 2.04 bits per heavy atom. The molecule has 1 amide bonds. The molecule has 1 aliphatic heterocycles. The minimum atomic E-state index is 0.0796. The first-order chi connectivity index (χ1) is 12.2. The Kier molecular flexibility index (Phi) is 4.05. The quantitative estimate of drug-likeness (QED) is 0.719. The number of aromatic nitrogens is 3. The fraction of sp³-hybridized carbons (Fsp3) is 0.278. The van der Waals surface area contributed by atoms with E-state index in [1.54, 1.807) is 29.0 Å². The molecule has 1 fully saturated rings. The highest BCUT2D eigenvalue weighted by atomic mass is 35.5. The van der Waals surface area contributed by atoms with Gasteiger partial charge in [0.2, 0.25) is 5.91 Å². The molecule has 3 heterocycles. The number of methoxy groups -OCH3 is 1. The molecule has 4 rings (SSSR count). The van der Waals surface area contributed by atoms with Crippen LogP contribution in [-0.4, -0.2) is 34.3 Å². The number of pyridine rings is 1. The first-order valence-corrected chi connectivity index (χ1v) is 8.49. The first kappa shape index (κ1) is 15.9. The molecule has 0 unspecified atom stereocenters. The zero-order valence-corrected chi connectivity index (χ0v) is 14.5. The number of amides is 1. The minimum Gasteiger partial charge on any atom is -0.497 e. The molecule has 7 heteroatoms. The van der Waals surface area contributed by atoms with Crippen molar-refractivity contribution in [2.45, 2.75) is 19.4 Å². The van der Waals surface area contributed by atoms with Crippen LogP contribution in [-0.2, 0) is 11.3 Å². The van der Waals surface area contributed by atoms with E-state index in [-0.39, 0.29) is 5.91 Å². The molecule has 1 saturated heterocycles. The molecule has 128 valence electrons. The Balaban J connectivity index is 1.78. The lowest BCUT2D eigenvalue weighted by Crippen LogP contribution is -2.24. The van der Waals surface area contributed by atoms with Gasteiger partial charge in [-0.3, -0.25) is 9.69 Å². The van der Waals surface area contributed by atoms with Gasteiger partial charge < -0.3 is 4.74 Å². The van der Waals surface area contributed by atoms with Crippen LogP contribution in [0.5, 0.6) is 5.75 Å². The van der Waals surface area contributed by atoms with Crippen molar-refractivity contribution in [1.29, 1.82) is 0 Å². The summed E-state index contributed by atoms with van der Waals surface area (Å²) in [6, 6.07) is 9.52. The van der Waals surface area contributed by atoms with Crippen molar-refractivity contribution < 1.29 is 9.53 Å². The second-order valence-corrected chi connectivity index (χ2v) is 6.38. The SMILES string of the molecule is COc1ccc(Cn2nc(N3CCCC3=O)c3c(Cl)ccnc32)cc1. The van der Waals surface area contributed by atoms with E-state index in [0.29, 0.717) is 36.0 Å². The molecule has 0 atom stereocenters. The number of fused-ring (bicyclic) bond motifs is 1. The van der Waals surface area contributed by atoms with E-state index in [0.717, 1.165) is 23.1 Å². The number of hydrogen-bond donors (Lipinski definition) is 0. The molecular formula is C18H17ClN4O2. The Morgan fingerprint density at radius 1 is 1.24 bits per heavy atom. The molecule has 25 heavy (non-hydrogen) atoms. The molecule has 0 aliphatic carbocycles. The Hall–Kier alpha value is -2.60. The van der Waals surface area contributed by atoms with Crippen LogP contribution in [0.15, 0.2) is 36.5 Å². The predicted octanol–water partition coefficient (Wildman–Crippen LogP) is 3.27. The number of carbonyl (C=O) groups excluding carboxylic acids is 1. The first-order valence-electron chi connectivity index (χ1n) is 8.11. The average molecular weight is 357 g/mol. The standard InChI is InChI=1S/C18H17ClN4O2/c1-25-13-6-4-12(5-7-13)11-23-17-16(14(19)8-9-20-17)18(21-23)22-10-2-3-15(22)24/h4-9H,2-3,10-11H2,1H3. The smallest absolute Gasteiger partial charge is 0.228 e. The number of ether oxygens (including phenoxy) is 1. The normalized spacial score (nSPS) is 14.5. The molecule has 0 bridgehead atoms. The third kappa shape index (κ3) is 2.82. The van der Waals surface area contributed by atoms with E-state index < -0.39 is 0 Å². The molecule has 1 aliphatic rings. The van der Waals surface area contributed by atoms with Gasteiger partial charge >= 0.3 is 0 Å². The van der Waals surface area contributed by atoms with Crippen LogP contribution in [0.3, 0.4) is 0 Å². The Bertz CT molecular complexity index is 936. The predicted molar refractivity (Wildman–Crippen MR) is 96.2 cm³/mol. The topological polar surface area (TPSA) is 60.2 Å². The second-order valence-electron chi connectivity index (χ2n) is 5.97. The third-order valence-electron chi connectivity index (χ3n) is 4.38. The lowest BCUT2D eigenvalue weighted by molar-refractivity contribution is -0.117. The molecule has 6 nitrogen and oxygen atoms in total. The van der Waals surface area contributed by atoms with Crippen molar-refractivity contribution in [3.05, 3.63) is 47.1 Å². The number of nitrogens with zero attached hydrogens (tertiary/aromatic N) is 4. The van der Waals surface area contributed by atoms with Crippen LogP contribution < -0.4 is 9.64 Å². The molecule has 0 saturated carbocycles. The van der Waals surface area contributed by atoms with Gasteiger partial charge in [-0.25, -0.2) is 9.67 Å². The van der Waals surface area contributed by atoms with E-state index in [9.17, 15) is 4.79 Å². The lowest BCUT2D eigenvalue weighted by atomic mass is 10.2. The van der Waals surface area contributed by atoms with Crippen molar-refractivity contribution in [3.63, 3.8) is 0 Å². The van der Waals surface area contributed by atoms with Crippen LogP contribution in [0.4, 0.5) is 5.82 Å². The number of hydrogen-bond acceptors (Lipinski definition) is 4. The number of carbonyl (C=O) groups is 1. The fourth-order valence-electron chi connectivity index (χ4n) is 3.12. The Labute approximate surface area is 150 Å². The molecule has 0 N–H and O–H groups in total. The van der Waals surface area contributed by atoms with Gasteiger partial charge in [0.05, 0.1) is 24.1 Å². The molecule has 0 radical (unpaired) electrons. The average Bonchev–Trinajstić information content (AvgIpc) is 3.20. The van der Waals surface area contributed by atoms with Crippen LogP contribution in [0.2, 0.25) is 5.02 Å². The van der Waals surface area contributed by atoms with Crippen LogP contribution >= 0.6 is 11.6 Å². The maximum Gasteiger partial charge on any atom is 0.228 e. The number of benzene rings is 1. The summed E-state index contributed by atoms with van der Waals surface area (Å²) in [5.41, 5.74) is 1.74. The zero-order chi connectivity index (χ0) is 17.4. The van der Waals surface area contributed by atoms with E-state index in [4.69, 9.17) is 16.3 Å². The maximum atomic E-state index is 12.2. The molecule has 1 aromatic carbocycles. The summed E-state index contributed by atoms with van der Waals surface area (Å²) < 4.78 is 6.99. The van der Waals surface area contributed by atoms with Gasteiger partial charge in [0.15, 0.2) is 11.5 Å². The van der Waals surface area contributed by atoms with Crippen LogP contribution in [0.1, 0.15) is 18.4 Å². The van der Waals surface area contributed by atoms with Gasteiger partial charge in [0, 0.05) is 19.2 Å². The lowest BCUT2D eigenvalue weighted by Gasteiger charge is -2.12. The van der Waals surface area contributed by atoms with E-state index in [2.05, 4.69) is 10.1 Å². The van der Waals surface area contributed by atoms with Crippen molar-refractivity contribution in [3.8, 4) is 5.75 Å². The fourth-order valence-corrected chi connectivity index (χ4v) is 3.34. The summed E-state index contributed by atoms with van der Waals surface area (Å²) in [6.07, 6.45) is 3.04. The highest BCUT2D eigenvalue weighted by Crippen LogP contribution is 2.33. The number of rotatable bonds is 4. The highest BCUT2D eigenvalue weighted by molar-refractivity contribution is 6.36. The second kappa shape index (κ2) is 6.37. The summed E-state index contributed by atoms with van der Waals surface area (Å²) in [6.45, 7) is 1.20. The van der Waals surface area contributed by atoms with Crippen molar-refractivity contribution in [2.75, 3.05) is 18.6 Å². The van der Waals surface area contributed by atoms with Gasteiger partial charge in [0.25, 0.3) is 0 Å². The summed E-state index contributed by atoms with van der Waals surface area (Å²) >= 11 is 6.40. The summed E-state index contributed by atoms with van der Waals surface area (Å²) in [7, 11) is 1.64. The van der Waals surface area contributed by atoms with E-state index in [1.807, 2.05) is 24.3 Å². The van der Waals surface area contributed by atoms with Gasteiger partial charge in [-0.15, -0.1) is 0 Å². The summed E-state index contributed by atoms with van der Waals surface area (Å²) in [5, 5.41) is 5.95. The van der Waals surface area contributed by atoms with Crippen molar-refractivity contribution in [2.24, 2.45) is 0 Å². The van der Waals surface area contributed by atoms with Crippen molar-refractivity contribution >= 4 is 34.4 Å².